The highest BCUT2D eigenvalue weighted by Crippen LogP contribution is 2.25. The molecule has 2 heterocycles. The summed E-state index contributed by atoms with van der Waals surface area (Å²) in [7, 11) is 0. The van der Waals surface area contributed by atoms with Crippen LogP contribution in [0.25, 0.3) is 0 Å². The highest BCUT2D eigenvalue weighted by atomic mass is 127. The minimum Gasteiger partial charge on any atom is -0.357 e. The maximum Gasteiger partial charge on any atom is 0.191 e. The van der Waals surface area contributed by atoms with Crippen molar-refractivity contribution >= 4 is 29.9 Å². The van der Waals surface area contributed by atoms with Gasteiger partial charge in [0.25, 0.3) is 0 Å². The van der Waals surface area contributed by atoms with Gasteiger partial charge in [0.15, 0.2) is 5.96 Å². The number of aromatic nitrogens is 3. The standard InChI is InChI=1S/C20H37N7.HI/c1-3-19-25-23-16-27(19)15-12-22-20(21-4-2)24-17-10-13-26(14-11-17)18-8-6-5-7-9-18;/h16-18H,3-15H2,1-2H3,(H2,21,22,24);1H. The van der Waals surface area contributed by atoms with E-state index in [-0.39, 0.29) is 24.0 Å². The number of guanidine groups is 1. The van der Waals surface area contributed by atoms with Gasteiger partial charge < -0.3 is 20.1 Å². The van der Waals surface area contributed by atoms with Gasteiger partial charge in [0.05, 0.1) is 6.54 Å². The largest absolute Gasteiger partial charge is 0.357 e. The molecule has 3 rings (SSSR count). The van der Waals surface area contributed by atoms with E-state index < -0.39 is 0 Å². The molecule has 1 aliphatic heterocycles. The fourth-order valence-electron chi connectivity index (χ4n) is 4.38. The maximum atomic E-state index is 4.77. The number of hydrogen-bond acceptors (Lipinski definition) is 4. The van der Waals surface area contributed by atoms with Gasteiger partial charge in [0.1, 0.15) is 12.2 Å². The minimum atomic E-state index is 0. The van der Waals surface area contributed by atoms with Gasteiger partial charge in [-0.1, -0.05) is 26.2 Å². The average Bonchev–Trinajstić information content (AvgIpc) is 3.17. The molecular formula is C20H38IN7. The third kappa shape index (κ3) is 6.86. The lowest BCUT2D eigenvalue weighted by molar-refractivity contribution is 0.119. The molecule has 1 aromatic rings. The lowest BCUT2D eigenvalue weighted by Crippen LogP contribution is -2.51. The summed E-state index contributed by atoms with van der Waals surface area (Å²) in [4.78, 5) is 7.51. The van der Waals surface area contributed by atoms with Gasteiger partial charge >= 0.3 is 0 Å². The molecule has 1 saturated heterocycles. The summed E-state index contributed by atoms with van der Waals surface area (Å²) in [6.45, 7) is 9.13. The molecule has 0 bridgehead atoms. The zero-order valence-corrected chi connectivity index (χ0v) is 19.9. The van der Waals surface area contributed by atoms with Crippen molar-refractivity contribution in [3.63, 3.8) is 0 Å². The van der Waals surface area contributed by atoms with Crippen molar-refractivity contribution in [3.8, 4) is 0 Å². The second-order valence-electron chi connectivity index (χ2n) is 7.80. The van der Waals surface area contributed by atoms with Crippen molar-refractivity contribution < 1.29 is 0 Å². The quantitative estimate of drug-likeness (QED) is 0.340. The Hall–Kier alpha value is -0.900. The SMILES string of the molecule is CCNC(=NCCn1cnnc1CC)NC1CCN(C2CCCCC2)CC1.I. The van der Waals surface area contributed by atoms with Gasteiger partial charge in [-0.25, -0.2) is 0 Å². The predicted octanol–water partition coefficient (Wildman–Crippen LogP) is 2.81. The minimum absolute atomic E-state index is 0. The molecule has 28 heavy (non-hydrogen) atoms. The van der Waals surface area contributed by atoms with E-state index in [1.807, 2.05) is 0 Å². The van der Waals surface area contributed by atoms with E-state index >= 15 is 0 Å². The van der Waals surface area contributed by atoms with Crippen LogP contribution in [-0.2, 0) is 13.0 Å². The Morgan fingerprint density at radius 1 is 1.14 bits per heavy atom. The Bertz CT molecular complexity index is 575. The van der Waals surface area contributed by atoms with Crippen LogP contribution in [-0.4, -0.2) is 63.9 Å². The fourth-order valence-corrected chi connectivity index (χ4v) is 4.38. The summed E-state index contributed by atoms with van der Waals surface area (Å²) in [6, 6.07) is 1.38. The normalized spacial score (nSPS) is 20.0. The van der Waals surface area contributed by atoms with Crippen molar-refractivity contribution in [2.24, 2.45) is 4.99 Å². The number of nitrogens with zero attached hydrogens (tertiary/aromatic N) is 5. The van der Waals surface area contributed by atoms with Crippen molar-refractivity contribution in [1.29, 1.82) is 0 Å². The highest BCUT2D eigenvalue weighted by molar-refractivity contribution is 14.0. The molecule has 2 aliphatic rings. The summed E-state index contributed by atoms with van der Waals surface area (Å²) in [5.74, 6) is 1.97. The molecule has 8 heteroatoms. The zero-order valence-electron chi connectivity index (χ0n) is 17.6. The summed E-state index contributed by atoms with van der Waals surface area (Å²) < 4.78 is 2.09. The molecule has 1 aromatic heterocycles. The van der Waals surface area contributed by atoms with E-state index in [0.29, 0.717) is 6.04 Å². The molecule has 0 atom stereocenters. The van der Waals surface area contributed by atoms with Gasteiger partial charge in [-0.15, -0.1) is 34.2 Å². The van der Waals surface area contributed by atoms with Crippen LogP contribution in [0.1, 0.15) is 64.6 Å². The Balaban J connectivity index is 0.00000280. The van der Waals surface area contributed by atoms with E-state index in [0.717, 1.165) is 43.9 Å². The first-order valence-electron chi connectivity index (χ1n) is 11.0. The lowest BCUT2D eigenvalue weighted by atomic mass is 9.92. The van der Waals surface area contributed by atoms with Crippen LogP contribution >= 0.6 is 24.0 Å². The third-order valence-corrected chi connectivity index (χ3v) is 5.93. The van der Waals surface area contributed by atoms with E-state index in [1.54, 1.807) is 6.33 Å². The molecule has 0 radical (unpaired) electrons. The van der Waals surface area contributed by atoms with E-state index in [2.05, 4.69) is 44.1 Å². The molecule has 0 spiro atoms. The monoisotopic (exact) mass is 503 g/mol. The van der Waals surface area contributed by atoms with Crippen molar-refractivity contribution in [2.75, 3.05) is 26.2 Å². The predicted molar refractivity (Wildman–Crippen MR) is 125 cm³/mol. The number of aryl methyl sites for hydroxylation is 1. The first-order chi connectivity index (χ1) is 13.3. The Morgan fingerprint density at radius 3 is 2.57 bits per heavy atom. The van der Waals surface area contributed by atoms with E-state index in [1.165, 1.54) is 58.0 Å². The van der Waals surface area contributed by atoms with Crippen molar-refractivity contribution in [3.05, 3.63) is 12.2 Å². The molecule has 1 aliphatic carbocycles. The summed E-state index contributed by atoms with van der Waals surface area (Å²) >= 11 is 0. The zero-order chi connectivity index (χ0) is 18.9. The van der Waals surface area contributed by atoms with Crippen LogP contribution in [0.15, 0.2) is 11.3 Å². The van der Waals surface area contributed by atoms with Crippen LogP contribution in [0.5, 0.6) is 0 Å². The number of piperidine rings is 1. The van der Waals surface area contributed by atoms with Gasteiger partial charge in [-0.3, -0.25) is 4.99 Å². The van der Waals surface area contributed by atoms with Crippen molar-refractivity contribution in [1.82, 2.24) is 30.3 Å². The summed E-state index contributed by atoms with van der Waals surface area (Å²) in [5, 5.41) is 15.2. The topological polar surface area (TPSA) is 70.4 Å². The van der Waals surface area contributed by atoms with Crippen LogP contribution in [0.3, 0.4) is 0 Å². The Labute approximate surface area is 187 Å². The first kappa shape index (κ1) is 23.4. The van der Waals surface area contributed by atoms with Crippen LogP contribution < -0.4 is 10.6 Å². The van der Waals surface area contributed by atoms with E-state index in [9.17, 15) is 0 Å². The smallest absolute Gasteiger partial charge is 0.191 e. The fraction of sp³-hybridized carbons (Fsp3) is 0.850. The maximum absolute atomic E-state index is 4.77. The van der Waals surface area contributed by atoms with Crippen LogP contribution in [0, 0.1) is 0 Å². The molecule has 160 valence electrons. The molecule has 7 nitrogen and oxygen atoms in total. The molecule has 2 fully saturated rings. The van der Waals surface area contributed by atoms with Crippen LogP contribution in [0.2, 0.25) is 0 Å². The number of aliphatic imine (C=N–C) groups is 1. The van der Waals surface area contributed by atoms with Gasteiger partial charge in [-0.05, 0) is 32.6 Å². The number of halogens is 1. The number of nitrogens with one attached hydrogen (secondary N) is 2. The summed E-state index contributed by atoms with van der Waals surface area (Å²) in [6.07, 6.45) is 12.2. The third-order valence-electron chi connectivity index (χ3n) is 5.93. The Morgan fingerprint density at radius 2 is 1.89 bits per heavy atom. The highest BCUT2D eigenvalue weighted by Gasteiger charge is 2.26. The van der Waals surface area contributed by atoms with Crippen molar-refractivity contribution in [2.45, 2.75) is 83.8 Å². The number of rotatable bonds is 7. The molecule has 1 saturated carbocycles. The molecule has 0 aromatic carbocycles. The Kier molecular flexibility index (Phi) is 10.5. The molecular weight excluding hydrogens is 465 g/mol. The molecule has 2 N–H and O–H groups in total. The van der Waals surface area contributed by atoms with E-state index in [4.69, 9.17) is 4.99 Å². The van der Waals surface area contributed by atoms with Gasteiger partial charge in [0.2, 0.25) is 0 Å². The first-order valence-corrected chi connectivity index (χ1v) is 11.0. The summed E-state index contributed by atoms with van der Waals surface area (Å²) in [5.41, 5.74) is 0. The molecule has 0 amide bonds. The van der Waals surface area contributed by atoms with Gasteiger partial charge in [0, 0.05) is 44.7 Å². The van der Waals surface area contributed by atoms with Gasteiger partial charge in [-0.2, -0.15) is 0 Å². The second kappa shape index (κ2) is 12.6. The number of likely N-dealkylation sites (tertiary alicyclic amines) is 1. The second-order valence-corrected chi connectivity index (χ2v) is 7.80. The average molecular weight is 503 g/mol. The van der Waals surface area contributed by atoms with Crippen LogP contribution in [0.4, 0.5) is 0 Å². The lowest BCUT2D eigenvalue weighted by Gasteiger charge is -2.39. The number of hydrogen-bond donors (Lipinski definition) is 2. The molecule has 0 unspecified atom stereocenters.